The zero-order valence-corrected chi connectivity index (χ0v) is 13.2. The second kappa shape index (κ2) is 7.10. The second-order valence-corrected chi connectivity index (χ2v) is 5.41. The number of nitrogens with one attached hydrogen (secondary N) is 2. The summed E-state index contributed by atoms with van der Waals surface area (Å²) in [6, 6.07) is 16.2. The Balaban J connectivity index is 1.68. The Hall–Kier alpha value is -2.92. The molecule has 0 spiro atoms. The third-order valence-corrected chi connectivity index (χ3v) is 3.58. The molecule has 24 heavy (non-hydrogen) atoms. The van der Waals surface area contributed by atoms with Crippen molar-refractivity contribution in [1.82, 2.24) is 4.98 Å². The molecule has 0 saturated heterocycles. The van der Waals surface area contributed by atoms with Crippen LogP contribution in [0.15, 0.2) is 66.9 Å². The van der Waals surface area contributed by atoms with Crippen LogP contribution in [0.2, 0.25) is 5.02 Å². The zero-order valence-electron chi connectivity index (χ0n) is 12.5. The van der Waals surface area contributed by atoms with Crippen LogP contribution in [0.4, 0.5) is 21.5 Å². The highest BCUT2D eigenvalue weighted by Crippen LogP contribution is 2.24. The quantitative estimate of drug-likeness (QED) is 0.711. The highest BCUT2D eigenvalue weighted by molar-refractivity contribution is 6.33. The molecule has 0 aliphatic heterocycles. The first-order valence-corrected chi connectivity index (χ1v) is 7.54. The van der Waals surface area contributed by atoms with E-state index < -0.39 is 0 Å². The van der Waals surface area contributed by atoms with Crippen molar-refractivity contribution in [3.05, 3.63) is 83.4 Å². The fraction of sp³-hybridized carbons (Fsp3) is 0. The zero-order chi connectivity index (χ0) is 16.9. The van der Waals surface area contributed by atoms with Gasteiger partial charge in [0.15, 0.2) is 0 Å². The summed E-state index contributed by atoms with van der Waals surface area (Å²) in [5, 5.41) is 6.37. The molecule has 0 radical (unpaired) electrons. The van der Waals surface area contributed by atoms with Gasteiger partial charge in [0, 0.05) is 5.69 Å². The molecular weight excluding hydrogens is 329 g/mol. The number of amides is 1. The monoisotopic (exact) mass is 341 g/mol. The highest BCUT2D eigenvalue weighted by atomic mass is 35.5. The Morgan fingerprint density at radius 3 is 2.33 bits per heavy atom. The maximum Gasteiger partial charge on any atom is 0.274 e. The van der Waals surface area contributed by atoms with Crippen molar-refractivity contribution < 1.29 is 9.18 Å². The smallest absolute Gasteiger partial charge is 0.274 e. The van der Waals surface area contributed by atoms with Crippen molar-refractivity contribution in [3.63, 3.8) is 0 Å². The van der Waals surface area contributed by atoms with E-state index in [4.69, 9.17) is 11.6 Å². The molecule has 0 bridgehead atoms. The minimum atomic E-state index is -0.370. The van der Waals surface area contributed by atoms with Gasteiger partial charge in [-0.2, -0.15) is 0 Å². The van der Waals surface area contributed by atoms with Gasteiger partial charge in [0.25, 0.3) is 5.91 Å². The highest BCUT2D eigenvalue weighted by Gasteiger charge is 2.08. The number of aromatic nitrogens is 1. The number of anilines is 3. The van der Waals surface area contributed by atoms with Crippen molar-refractivity contribution in [2.75, 3.05) is 10.6 Å². The van der Waals surface area contributed by atoms with E-state index >= 15 is 0 Å². The van der Waals surface area contributed by atoms with E-state index in [2.05, 4.69) is 15.6 Å². The predicted molar refractivity (Wildman–Crippen MR) is 93.3 cm³/mol. The number of rotatable bonds is 4. The van der Waals surface area contributed by atoms with E-state index in [0.29, 0.717) is 16.4 Å². The minimum absolute atomic E-state index is 0.254. The number of carbonyl (C=O) groups excluding carboxylic acids is 1. The molecule has 120 valence electrons. The van der Waals surface area contributed by atoms with Crippen LogP contribution in [0.1, 0.15) is 10.5 Å². The molecule has 3 aromatic rings. The van der Waals surface area contributed by atoms with Crippen molar-refractivity contribution >= 4 is 34.6 Å². The van der Waals surface area contributed by atoms with Crippen LogP contribution in [0.5, 0.6) is 0 Å². The Kier molecular flexibility index (Phi) is 4.72. The number of benzene rings is 2. The van der Waals surface area contributed by atoms with Crippen molar-refractivity contribution in [2.24, 2.45) is 0 Å². The third-order valence-electron chi connectivity index (χ3n) is 3.25. The molecule has 4 nitrogen and oxygen atoms in total. The van der Waals surface area contributed by atoms with Crippen LogP contribution in [0, 0.1) is 5.82 Å². The van der Waals surface area contributed by atoms with Crippen LogP contribution in [-0.4, -0.2) is 10.9 Å². The Morgan fingerprint density at radius 1 is 0.958 bits per heavy atom. The molecule has 2 aromatic carbocycles. The van der Waals surface area contributed by atoms with E-state index in [9.17, 15) is 9.18 Å². The predicted octanol–water partition coefficient (Wildman–Crippen LogP) is 4.87. The normalized spacial score (nSPS) is 10.2. The number of carbonyl (C=O) groups is 1. The van der Waals surface area contributed by atoms with Gasteiger partial charge in [-0.3, -0.25) is 4.79 Å². The summed E-state index contributed by atoms with van der Waals surface area (Å²) >= 11 is 6.08. The van der Waals surface area contributed by atoms with Crippen LogP contribution in [0.3, 0.4) is 0 Å². The fourth-order valence-electron chi connectivity index (χ4n) is 2.05. The first-order valence-electron chi connectivity index (χ1n) is 7.16. The van der Waals surface area contributed by atoms with Gasteiger partial charge in [-0.05, 0) is 48.5 Å². The molecule has 0 unspecified atom stereocenters. The molecule has 0 atom stereocenters. The fourth-order valence-corrected chi connectivity index (χ4v) is 2.23. The molecule has 1 aromatic heterocycles. The molecular formula is C18H13ClFN3O. The lowest BCUT2D eigenvalue weighted by Gasteiger charge is -2.09. The first-order chi connectivity index (χ1) is 11.6. The third kappa shape index (κ3) is 3.88. The van der Waals surface area contributed by atoms with Gasteiger partial charge in [-0.25, -0.2) is 9.37 Å². The van der Waals surface area contributed by atoms with Gasteiger partial charge in [-0.1, -0.05) is 23.7 Å². The summed E-state index contributed by atoms with van der Waals surface area (Å²) in [6.45, 7) is 0. The van der Waals surface area contributed by atoms with E-state index in [1.807, 2.05) is 18.2 Å². The van der Waals surface area contributed by atoms with Crippen molar-refractivity contribution in [1.29, 1.82) is 0 Å². The molecule has 1 heterocycles. The largest absolute Gasteiger partial charge is 0.353 e. The first kappa shape index (κ1) is 16.0. The van der Waals surface area contributed by atoms with E-state index in [0.717, 1.165) is 5.69 Å². The topological polar surface area (TPSA) is 54.0 Å². The summed E-state index contributed by atoms with van der Waals surface area (Å²) in [6.07, 6.45) is 1.54. The number of halogens is 2. The van der Waals surface area contributed by atoms with Gasteiger partial charge in [0.2, 0.25) is 0 Å². The number of nitrogens with zero attached hydrogens (tertiary/aromatic N) is 1. The molecule has 0 fully saturated rings. The lowest BCUT2D eigenvalue weighted by atomic mass is 10.2. The lowest BCUT2D eigenvalue weighted by molar-refractivity contribution is 0.102. The summed E-state index contributed by atoms with van der Waals surface area (Å²) < 4.78 is 12.9. The minimum Gasteiger partial charge on any atom is -0.353 e. The van der Waals surface area contributed by atoms with E-state index in [-0.39, 0.29) is 17.4 Å². The van der Waals surface area contributed by atoms with Crippen LogP contribution < -0.4 is 10.6 Å². The van der Waals surface area contributed by atoms with Gasteiger partial charge in [0.05, 0.1) is 22.6 Å². The van der Waals surface area contributed by atoms with Crippen LogP contribution >= 0.6 is 11.6 Å². The maximum absolute atomic E-state index is 12.9. The molecule has 1 amide bonds. The molecule has 0 aliphatic carbocycles. The van der Waals surface area contributed by atoms with Gasteiger partial charge in [0.1, 0.15) is 11.5 Å². The molecule has 0 saturated carbocycles. The van der Waals surface area contributed by atoms with Gasteiger partial charge in [-0.15, -0.1) is 0 Å². The number of pyridine rings is 1. The summed E-state index contributed by atoms with van der Waals surface area (Å²) in [5.74, 6) is -0.730. The van der Waals surface area contributed by atoms with E-state index in [1.54, 1.807) is 24.4 Å². The number of hydrogen-bond donors (Lipinski definition) is 2. The summed E-state index contributed by atoms with van der Waals surface area (Å²) in [7, 11) is 0. The lowest BCUT2D eigenvalue weighted by Crippen LogP contribution is -2.13. The van der Waals surface area contributed by atoms with Crippen LogP contribution in [0.25, 0.3) is 0 Å². The van der Waals surface area contributed by atoms with E-state index in [1.165, 1.54) is 24.3 Å². The second-order valence-electron chi connectivity index (χ2n) is 5.00. The van der Waals surface area contributed by atoms with Crippen molar-refractivity contribution in [3.8, 4) is 0 Å². The standard InChI is InChI=1S/C18H13ClFN3O/c19-15-3-1-2-4-16(15)22-14-9-10-17(21-11-14)18(24)23-13-7-5-12(20)6-8-13/h1-11,22H,(H,23,24). The summed E-state index contributed by atoms with van der Waals surface area (Å²) in [4.78, 5) is 16.2. The molecule has 0 aliphatic rings. The Bertz CT molecular complexity index is 851. The SMILES string of the molecule is O=C(Nc1ccc(F)cc1)c1ccc(Nc2ccccc2Cl)cn1. The summed E-state index contributed by atoms with van der Waals surface area (Å²) in [5.41, 5.74) is 2.22. The van der Waals surface area contributed by atoms with Gasteiger partial charge >= 0.3 is 0 Å². The number of para-hydroxylation sites is 1. The Morgan fingerprint density at radius 2 is 1.67 bits per heavy atom. The van der Waals surface area contributed by atoms with Gasteiger partial charge < -0.3 is 10.6 Å². The van der Waals surface area contributed by atoms with Crippen molar-refractivity contribution in [2.45, 2.75) is 0 Å². The molecule has 3 rings (SSSR count). The number of hydrogen-bond acceptors (Lipinski definition) is 3. The van der Waals surface area contributed by atoms with Crippen LogP contribution in [-0.2, 0) is 0 Å². The average molecular weight is 342 g/mol. The average Bonchev–Trinajstić information content (AvgIpc) is 2.59. The molecule has 6 heteroatoms. The molecule has 2 N–H and O–H groups in total. The Labute approximate surface area is 143 Å². The maximum atomic E-state index is 12.9.